The summed E-state index contributed by atoms with van der Waals surface area (Å²) in [6, 6.07) is 16.3. The maximum Gasteiger partial charge on any atom is 0.219 e. The fraction of sp³-hybridized carbons (Fsp3) is 0.240. The molecule has 5 rings (SSSR count). The van der Waals surface area contributed by atoms with Crippen LogP contribution in [-0.4, -0.2) is 7.05 Å². The second-order valence-corrected chi connectivity index (χ2v) is 8.27. The van der Waals surface area contributed by atoms with Crippen LogP contribution in [0.1, 0.15) is 22.3 Å². The minimum Gasteiger partial charge on any atom is -0.271 e. The molecular formula is C25H26N2+2. The zero-order valence-corrected chi connectivity index (χ0v) is 17.0. The lowest BCUT2D eigenvalue weighted by atomic mass is 9.88. The molecule has 2 heterocycles. The van der Waals surface area contributed by atoms with Gasteiger partial charge in [0.15, 0.2) is 5.69 Å². The number of nitrogens with zero attached hydrogens (tertiary/aromatic N) is 1. The maximum atomic E-state index is 2.38. The van der Waals surface area contributed by atoms with Gasteiger partial charge in [0.05, 0.1) is 7.05 Å². The number of hydrogen-bond acceptors (Lipinski definition) is 0. The largest absolute Gasteiger partial charge is 0.271 e. The quantitative estimate of drug-likeness (QED) is 0.351. The molecule has 0 amide bonds. The Labute approximate surface area is 160 Å². The highest BCUT2D eigenvalue weighted by Crippen LogP contribution is 2.43. The molecule has 1 aliphatic heterocycles. The Hall–Kier alpha value is -2.71. The number of nitrogens with one attached hydrogen (secondary N) is 1. The van der Waals surface area contributed by atoms with Crippen LogP contribution in [0.2, 0.25) is 0 Å². The molecule has 27 heavy (non-hydrogen) atoms. The first-order chi connectivity index (χ1) is 12.9. The Morgan fingerprint density at radius 1 is 0.741 bits per heavy atom. The molecule has 1 unspecified atom stereocenters. The maximum absolute atomic E-state index is 2.38. The van der Waals surface area contributed by atoms with E-state index in [4.69, 9.17) is 0 Å². The molecule has 0 radical (unpaired) electrons. The van der Waals surface area contributed by atoms with E-state index in [1.807, 2.05) is 0 Å². The van der Waals surface area contributed by atoms with Crippen LogP contribution in [-0.2, 0) is 7.05 Å². The molecular weight excluding hydrogens is 328 g/mol. The fourth-order valence-electron chi connectivity index (χ4n) is 4.79. The van der Waals surface area contributed by atoms with Crippen molar-refractivity contribution < 1.29 is 9.47 Å². The average Bonchev–Trinajstić information content (AvgIpc) is 2.62. The highest BCUT2D eigenvalue weighted by Gasteiger charge is 2.34. The van der Waals surface area contributed by atoms with Gasteiger partial charge in [-0.3, -0.25) is 4.90 Å². The normalized spacial score (nSPS) is 15.4. The van der Waals surface area contributed by atoms with E-state index in [0.717, 1.165) is 0 Å². The molecule has 1 aromatic heterocycles. The van der Waals surface area contributed by atoms with E-state index in [9.17, 15) is 0 Å². The molecule has 0 aliphatic carbocycles. The summed E-state index contributed by atoms with van der Waals surface area (Å²) >= 11 is 0. The number of hydrogen-bond donors (Lipinski definition) is 1. The van der Waals surface area contributed by atoms with E-state index in [1.165, 1.54) is 71.5 Å². The number of aromatic nitrogens is 1. The molecule has 1 N–H and O–H groups in total. The lowest BCUT2D eigenvalue weighted by molar-refractivity contribution is -0.733. The predicted octanol–water partition coefficient (Wildman–Crippen LogP) is 4.51. The molecule has 134 valence electrons. The van der Waals surface area contributed by atoms with E-state index in [1.54, 1.807) is 0 Å². The highest BCUT2D eigenvalue weighted by molar-refractivity contribution is 6.11. The SMILES string of the molecule is Cc1ccc2c(c1)c1c3c(cc(C)cc3[n+]2C)-c2cc(C)c(C)cc2[NH+]1C. The fourth-order valence-corrected chi connectivity index (χ4v) is 4.79. The van der Waals surface area contributed by atoms with Gasteiger partial charge in [0.25, 0.3) is 0 Å². The smallest absolute Gasteiger partial charge is 0.219 e. The first kappa shape index (κ1) is 16.5. The molecule has 2 nitrogen and oxygen atoms in total. The van der Waals surface area contributed by atoms with Gasteiger partial charge >= 0.3 is 0 Å². The standard InChI is InChI=1S/C25H25N2/c1-14-7-8-21-20(9-14)25-24-19(10-15(2)11-23(24)26(21)5)18-12-16(3)17(4)13-22(18)27(25)6/h7-13H,1-6H3/q+1/p+1. The van der Waals surface area contributed by atoms with Gasteiger partial charge in [-0.15, -0.1) is 0 Å². The van der Waals surface area contributed by atoms with Crippen molar-refractivity contribution >= 4 is 33.2 Å². The van der Waals surface area contributed by atoms with E-state index in [-0.39, 0.29) is 0 Å². The molecule has 3 aromatic carbocycles. The van der Waals surface area contributed by atoms with Crippen LogP contribution in [0.25, 0.3) is 32.9 Å². The van der Waals surface area contributed by atoms with Crippen molar-refractivity contribution in [3.63, 3.8) is 0 Å². The van der Waals surface area contributed by atoms with Crippen LogP contribution in [0, 0.1) is 27.7 Å². The van der Waals surface area contributed by atoms with E-state index >= 15 is 0 Å². The summed E-state index contributed by atoms with van der Waals surface area (Å²) in [6.07, 6.45) is 0. The van der Waals surface area contributed by atoms with Crippen molar-refractivity contribution in [2.75, 3.05) is 7.05 Å². The summed E-state index contributed by atoms with van der Waals surface area (Å²) in [6.45, 7) is 8.83. The van der Waals surface area contributed by atoms with Crippen molar-refractivity contribution in [2.24, 2.45) is 7.05 Å². The zero-order chi connectivity index (χ0) is 19.0. The number of aryl methyl sites for hydroxylation is 5. The number of fused-ring (bicyclic) bond motifs is 4. The Kier molecular flexibility index (Phi) is 3.29. The van der Waals surface area contributed by atoms with Crippen molar-refractivity contribution in [1.29, 1.82) is 0 Å². The Morgan fingerprint density at radius 2 is 1.48 bits per heavy atom. The van der Waals surface area contributed by atoms with E-state index in [2.05, 4.69) is 88.8 Å². The highest BCUT2D eigenvalue weighted by atomic mass is 15.1. The van der Waals surface area contributed by atoms with Crippen molar-refractivity contribution in [2.45, 2.75) is 27.7 Å². The summed E-state index contributed by atoms with van der Waals surface area (Å²) in [5.74, 6) is 0. The summed E-state index contributed by atoms with van der Waals surface area (Å²) in [5, 5.41) is 2.76. The van der Waals surface area contributed by atoms with Crippen LogP contribution in [0.3, 0.4) is 0 Å². The van der Waals surface area contributed by atoms with Gasteiger partial charge in [-0.2, -0.15) is 4.57 Å². The Morgan fingerprint density at radius 3 is 2.26 bits per heavy atom. The van der Waals surface area contributed by atoms with Crippen LogP contribution in [0.5, 0.6) is 0 Å². The Balaban J connectivity index is 2.09. The third-order valence-electron chi connectivity index (χ3n) is 6.36. The number of quaternary nitrogens is 1. The summed E-state index contributed by atoms with van der Waals surface area (Å²) in [4.78, 5) is 1.39. The van der Waals surface area contributed by atoms with Crippen LogP contribution in [0.15, 0.2) is 42.5 Å². The summed E-state index contributed by atoms with van der Waals surface area (Å²) in [7, 11) is 4.50. The summed E-state index contributed by atoms with van der Waals surface area (Å²) < 4.78 is 2.36. The summed E-state index contributed by atoms with van der Waals surface area (Å²) in [5.41, 5.74) is 13.5. The molecule has 1 aliphatic rings. The molecule has 0 spiro atoms. The second kappa shape index (κ2) is 5.40. The average molecular weight is 354 g/mol. The van der Waals surface area contributed by atoms with Gasteiger partial charge in [0.2, 0.25) is 11.0 Å². The molecule has 0 saturated heterocycles. The van der Waals surface area contributed by atoms with Crippen LogP contribution >= 0.6 is 0 Å². The molecule has 0 bridgehead atoms. The van der Waals surface area contributed by atoms with Gasteiger partial charge in [-0.05, 0) is 68.1 Å². The van der Waals surface area contributed by atoms with Crippen molar-refractivity contribution in [3.8, 4) is 11.1 Å². The zero-order valence-electron chi connectivity index (χ0n) is 17.0. The molecule has 4 aromatic rings. The lowest BCUT2D eigenvalue weighted by Crippen LogP contribution is -2.99. The van der Waals surface area contributed by atoms with Gasteiger partial charge < -0.3 is 0 Å². The van der Waals surface area contributed by atoms with Crippen molar-refractivity contribution in [3.05, 3.63) is 64.7 Å². The number of pyridine rings is 1. The topological polar surface area (TPSA) is 8.32 Å². The minimum absolute atomic E-state index is 1.30. The molecule has 0 saturated carbocycles. The lowest BCUT2D eigenvalue weighted by Gasteiger charge is -2.26. The van der Waals surface area contributed by atoms with Crippen LogP contribution in [0.4, 0.5) is 11.4 Å². The monoisotopic (exact) mass is 354 g/mol. The predicted molar refractivity (Wildman–Crippen MR) is 113 cm³/mol. The third-order valence-corrected chi connectivity index (χ3v) is 6.36. The second-order valence-electron chi connectivity index (χ2n) is 8.27. The minimum atomic E-state index is 1.30. The molecule has 2 heteroatoms. The van der Waals surface area contributed by atoms with Gasteiger partial charge in [-0.25, -0.2) is 0 Å². The van der Waals surface area contributed by atoms with Gasteiger partial charge in [0, 0.05) is 29.3 Å². The van der Waals surface area contributed by atoms with Crippen LogP contribution < -0.4 is 9.47 Å². The number of rotatable bonds is 0. The van der Waals surface area contributed by atoms with Gasteiger partial charge in [0.1, 0.15) is 23.5 Å². The van der Waals surface area contributed by atoms with Crippen molar-refractivity contribution in [1.82, 2.24) is 0 Å². The third kappa shape index (κ3) is 2.14. The van der Waals surface area contributed by atoms with Gasteiger partial charge in [-0.1, -0.05) is 6.07 Å². The molecule has 1 atom stereocenters. The number of benzene rings is 3. The first-order valence-electron chi connectivity index (χ1n) is 9.69. The first-order valence-corrected chi connectivity index (χ1v) is 9.69. The van der Waals surface area contributed by atoms with E-state index in [0.29, 0.717) is 0 Å². The Bertz CT molecular complexity index is 1280. The van der Waals surface area contributed by atoms with E-state index < -0.39 is 0 Å². The molecule has 0 fully saturated rings.